The number of carbonyl (C=O) groups is 1. The van der Waals surface area contributed by atoms with Crippen molar-refractivity contribution in [1.29, 1.82) is 0 Å². The second-order valence-corrected chi connectivity index (χ2v) is 5.87. The predicted octanol–water partition coefficient (Wildman–Crippen LogP) is 0.950. The summed E-state index contributed by atoms with van der Waals surface area (Å²) in [6.07, 6.45) is 0. The van der Waals surface area contributed by atoms with Crippen LogP contribution < -0.4 is 5.32 Å². The van der Waals surface area contributed by atoms with Gasteiger partial charge in [0.15, 0.2) is 0 Å². The summed E-state index contributed by atoms with van der Waals surface area (Å²) in [5.41, 5.74) is 0. The predicted molar refractivity (Wildman–Crippen MR) is 61.7 cm³/mol. The molecule has 0 saturated carbocycles. The van der Waals surface area contributed by atoms with Crippen LogP contribution in [0.1, 0.15) is 20.8 Å². The highest BCUT2D eigenvalue weighted by atomic mass is 32.2. The highest BCUT2D eigenvalue weighted by Gasteiger charge is 2.32. The number of nitrogens with zero attached hydrogens (tertiary/aromatic N) is 1. The number of rotatable bonds is 3. The van der Waals surface area contributed by atoms with Crippen LogP contribution in [-0.4, -0.2) is 47.5 Å². The van der Waals surface area contributed by atoms with Crippen molar-refractivity contribution in [2.24, 2.45) is 0 Å². The maximum absolute atomic E-state index is 12.1. The molecule has 1 fully saturated rings. The largest absolute Gasteiger partial charge is 0.339 e. The lowest BCUT2D eigenvalue weighted by atomic mass is 10.1. The maximum Gasteiger partial charge on any atom is 0.238 e. The standard InChI is InChI=1S/C10H20N2OS/c1-4-14-10(2,3)9(13)12-7-5-11-6-8-12/h11H,4-8H2,1-3H3. The summed E-state index contributed by atoms with van der Waals surface area (Å²) in [5.74, 6) is 1.27. The Balaban J connectivity index is 2.53. The van der Waals surface area contributed by atoms with E-state index in [0.29, 0.717) is 0 Å². The number of piperazine rings is 1. The van der Waals surface area contributed by atoms with Gasteiger partial charge in [-0.2, -0.15) is 0 Å². The van der Waals surface area contributed by atoms with E-state index in [1.807, 2.05) is 18.7 Å². The van der Waals surface area contributed by atoms with E-state index in [1.54, 1.807) is 11.8 Å². The summed E-state index contributed by atoms with van der Waals surface area (Å²) < 4.78 is -0.258. The topological polar surface area (TPSA) is 32.3 Å². The SMILES string of the molecule is CCSC(C)(C)C(=O)N1CCNCC1. The van der Waals surface area contributed by atoms with Crippen LogP contribution >= 0.6 is 11.8 Å². The quantitative estimate of drug-likeness (QED) is 0.762. The first-order chi connectivity index (χ1) is 6.58. The van der Waals surface area contributed by atoms with Crippen LogP contribution in [-0.2, 0) is 4.79 Å². The van der Waals surface area contributed by atoms with Crippen molar-refractivity contribution in [1.82, 2.24) is 10.2 Å². The maximum atomic E-state index is 12.1. The molecule has 14 heavy (non-hydrogen) atoms. The molecule has 0 aliphatic carbocycles. The van der Waals surface area contributed by atoms with Crippen LogP contribution in [0.2, 0.25) is 0 Å². The van der Waals surface area contributed by atoms with Crippen LogP contribution in [0.4, 0.5) is 0 Å². The number of carbonyl (C=O) groups excluding carboxylic acids is 1. The minimum Gasteiger partial charge on any atom is -0.339 e. The van der Waals surface area contributed by atoms with Crippen molar-refractivity contribution in [3.8, 4) is 0 Å². The van der Waals surface area contributed by atoms with E-state index in [0.717, 1.165) is 31.9 Å². The Morgan fingerprint density at radius 1 is 1.43 bits per heavy atom. The number of amides is 1. The van der Waals surface area contributed by atoms with Gasteiger partial charge in [-0.25, -0.2) is 0 Å². The molecule has 82 valence electrons. The van der Waals surface area contributed by atoms with Crippen LogP contribution in [0, 0.1) is 0 Å². The van der Waals surface area contributed by atoms with Gasteiger partial charge in [0.25, 0.3) is 0 Å². The number of nitrogens with one attached hydrogen (secondary N) is 1. The molecule has 4 heteroatoms. The molecule has 1 amide bonds. The Morgan fingerprint density at radius 2 is 2.00 bits per heavy atom. The van der Waals surface area contributed by atoms with Gasteiger partial charge in [-0.15, -0.1) is 11.8 Å². The third-order valence-corrected chi connectivity index (χ3v) is 3.61. The van der Waals surface area contributed by atoms with Gasteiger partial charge in [-0.3, -0.25) is 4.79 Å². The van der Waals surface area contributed by atoms with E-state index >= 15 is 0 Å². The Hall–Kier alpha value is -0.220. The zero-order valence-corrected chi connectivity index (χ0v) is 10.1. The first kappa shape index (κ1) is 11.9. The lowest BCUT2D eigenvalue weighted by Crippen LogP contribution is -2.51. The molecule has 1 saturated heterocycles. The van der Waals surface area contributed by atoms with Gasteiger partial charge in [-0.05, 0) is 19.6 Å². The summed E-state index contributed by atoms with van der Waals surface area (Å²) in [7, 11) is 0. The lowest BCUT2D eigenvalue weighted by Gasteiger charge is -2.34. The molecule has 0 aromatic carbocycles. The average molecular weight is 216 g/mol. The van der Waals surface area contributed by atoms with Crippen molar-refractivity contribution in [3.63, 3.8) is 0 Å². The summed E-state index contributed by atoms with van der Waals surface area (Å²) in [6, 6.07) is 0. The Morgan fingerprint density at radius 3 is 2.50 bits per heavy atom. The van der Waals surface area contributed by atoms with Crippen LogP contribution in [0.5, 0.6) is 0 Å². The zero-order chi connectivity index (χ0) is 10.6. The molecule has 0 spiro atoms. The first-order valence-electron chi connectivity index (χ1n) is 5.22. The van der Waals surface area contributed by atoms with Gasteiger partial charge < -0.3 is 10.2 Å². The lowest BCUT2D eigenvalue weighted by molar-refractivity contribution is -0.133. The molecule has 3 nitrogen and oxygen atoms in total. The molecule has 0 bridgehead atoms. The summed E-state index contributed by atoms with van der Waals surface area (Å²) in [6.45, 7) is 9.70. The molecule has 1 aliphatic heterocycles. The molecule has 0 aromatic heterocycles. The van der Waals surface area contributed by atoms with Gasteiger partial charge in [-0.1, -0.05) is 6.92 Å². The van der Waals surface area contributed by atoms with Crippen molar-refractivity contribution < 1.29 is 4.79 Å². The minimum atomic E-state index is -0.258. The summed E-state index contributed by atoms with van der Waals surface area (Å²) in [4.78, 5) is 14.1. The second-order valence-electron chi connectivity index (χ2n) is 3.99. The van der Waals surface area contributed by atoms with Crippen LogP contribution in [0.25, 0.3) is 0 Å². The monoisotopic (exact) mass is 216 g/mol. The Labute approximate surface area is 90.6 Å². The average Bonchev–Trinajstić information content (AvgIpc) is 2.18. The molecule has 1 heterocycles. The minimum absolute atomic E-state index is 0.258. The van der Waals surface area contributed by atoms with Crippen molar-refractivity contribution in [3.05, 3.63) is 0 Å². The molecule has 1 N–H and O–H groups in total. The van der Waals surface area contributed by atoms with E-state index in [2.05, 4.69) is 12.2 Å². The van der Waals surface area contributed by atoms with E-state index < -0.39 is 0 Å². The Kier molecular flexibility index (Phi) is 4.26. The van der Waals surface area contributed by atoms with Crippen molar-refractivity contribution >= 4 is 17.7 Å². The van der Waals surface area contributed by atoms with Gasteiger partial charge in [0.2, 0.25) is 5.91 Å². The van der Waals surface area contributed by atoms with Crippen LogP contribution in [0.15, 0.2) is 0 Å². The first-order valence-corrected chi connectivity index (χ1v) is 6.20. The fourth-order valence-electron chi connectivity index (χ4n) is 1.67. The molecule has 0 radical (unpaired) electrons. The number of thioether (sulfide) groups is 1. The van der Waals surface area contributed by atoms with Gasteiger partial charge in [0.1, 0.15) is 0 Å². The molecule has 1 aliphatic rings. The van der Waals surface area contributed by atoms with Crippen molar-refractivity contribution in [2.45, 2.75) is 25.5 Å². The fraction of sp³-hybridized carbons (Fsp3) is 0.900. The third kappa shape index (κ3) is 2.89. The molecular weight excluding hydrogens is 196 g/mol. The zero-order valence-electron chi connectivity index (χ0n) is 9.30. The normalized spacial score (nSPS) is 18.4. The van der Waals surface area contributed by atoms with E-state index in [-0.39, 0.29) is 10.7 Å². The molecule has 0 unspecified atom stereocenters. The van der Waals surface area contributed by atoms with Crippen molar-refractivity contribution in [2.75, 3.05) is 31.9 Å². The molecule has 0 aromatic rings. The van der Waals surface area contributed by atoms with E-state index in [9.17, 15) is 4.79 Å². The van der Waals surface area contributed by atoms with E-state index in [4.69, 9.17) is 0 Å². The fourth-order valence-corrected chi connectivity index (χ4v) is 2.65. The molecular formula is C10H20N2OS. The summed E-state index contributed by atoms with van der Waals surface area (Å²) in [5, 5.41) is 3.25. The van der Waals surface area contributed by atoms with Crippen LogP contribution in [0.3, 0.4) is 0 Å². The Bertz CT molecular complexity index is 200. The highest BCUT2D eigenvalue weighted by molar-refractivity contribution is 8.01. The third-order valence-electron chi connectivity index (χ3n) is 2.42. The molecule has 1 rings (SSSR count). The second kappa shape index (κ2) is 5.03. The smallest absolute Gasteiger partial charge is 0.238 e. The highest BCUT2D eigenvalue weighted by Crippen LogP contribution is 2.26. The van der Waals surface area contributed by atoms with Gasteiger partial charge in [0, 0.05) is 26.2 Å². The number of hydrogen-bond acceptors (Lipinski definition) is 3. The molecule has 0 atom stereocenters. The van der Waals surface area contributed by atoms with Gasteiger partial charge in [0.05, 0.1) is 4.75 Å². The summed E-state index contributed by atoms with van der Waals surface area (Å²) >= 11 is 1.72. The van der Waals surface area contributed by atoms with Gasteiger partial charge >= 0.3 is 0 Å². The number of hydrogen-bond donors (Lipinski definition) is 1. The van der Waals surface area contributed by atoms with E-state index in [1.165, 1.54) is 0 Å².